The van der Waals surface area contributed by atoms with E-state index < -0.39 is 23.2 Å². The molecule has 5 heteroatoms. The molecule has 0 spiro atoms. The summed E-state index contributed by atoms with van der Waals surface area (Å²) in [5.74, 6) is -4.21. The molecule has 0 saturated heterocycles. The number of rotatable bonds is 1. The van der Waals surface area contributed by atoms with Crippen LogP contribution in [0.5, 0.6) is 5.75 Å². The molecular weight excluding hydrogens is 194 g/mol. The standard InChI is InChI=1S/C9H6F2O3/c10-6-5(9(12)13)3-4-1-2-14-8(4)7(6)11/h3H,1-2H2,(H,12,13). The van der Waals surface area contributed by atoms with E-state index in [4.69, 9.17) is 9.84 Å². The lowest BCUT2D eigenvalue weighted by molar-refractivity contribution is 0.0690. The summed E-state index contributed by atoms with van der Waals surface area (Å²) in [6.07, 6.45) is 0.410. The second kappa shape index (κ2) is 2.94. The lowest BCUT2D eigenvalue weighted by Gasteiger charge is -2.04. The first-order valence-corrected chi connectivity index (χ1v) is 3.98. The highest BCUT2D eigenvalue weighted by molar-refractivity contribution is 5.88. The molecule has 0 amide bonds. The Balaban J connectivity index is 2.67. The zero-order valence-corrected chi connectivity index (χ0v) is 7.01. The summed E-state index contributed by atoms with van der Waals surface area (Å²) in [5.41, 5.74) is -0.243. The third kappa shape index (κ3) is 1.13. The molecule has 1 heterocycles. The van der Waals surface area contributed by atoms with Crippen LogP contribution >= 0.6 is 0 Å². The largest absolute Gasteiger partial charge is 0.490 e. The molecule has 0 atom stereocenters. The van der Waals surface area contributed by atoms with Crippen molar-refractivity contribution >= 4 is 5.97 Å². The van der Waals surface area contributed by atoms with E-state index >= 15 is 0 Å². The molecule has 3 nitrogen and oxygen atoms in total. The van der Waals surface area contributed by atoms with Gasteiger partial charge < -0.3 is 9.84 Å². The highest BCUT2D eigenvalue weighted by Crippen LogP contribution is 2.32. The Bertz CT molecular complexity index is 415. The predicted molar refractivity (Wildman–Crippen MR) is 42.5 cm³/mol. The van der Waals surface area contributed by atoms with Crippen LogP contribution in [0.2, 0.25) is 0 Å². The van der Waals surface area contributed by atoms with Gasteiger partial charge in [0.2, 0.25) is 5.82 Å². The number of carboxylic acids is 1. The Morgan fingerprint density at radius 1 is 1.43 bits per heavy atom. The van der Waals surface area contributed by atoms with Crippen molar-refractivity contribution in [3.05, 3.63) is 28.8 Å². The lowest BCUT2D eigenvalue weighted by atomic mass is 10.1. The van der Waals surface area contributed by atoms with Gasteiger partial charge in [0.1, 0.15) is 0 Å². The number of ether oxygens (including phenoxy) is 1. The molecule has 74 valence electrons. The number of aromatic carboxylic acids is 1. The quantitative estimate of drug-likeness (QED) is 0.748. The SMILES string of the molecule is O=C(O)c1cc2c(c(F)c1F)OCC2. The van der Waals surface area contributed by atoms with Crippen molar-refractivity contribution in [2.75, 3.05) is 6.61 Å². The average Bonchev–Trinajstić information content (AvgIpc) is 2.58. The van der Waals surface area contributed by atoms with Crippen molar-refractivity contribution < 1.29 is 23.4 Å². The summed E-state index contributed by atoms with van der Waals surface area (Å²) in [6, 6.07) is 1.11. The van der Waals surface area contributed by atoms with Crippen LogP contribution in [0.25, 0.3) is 0 Å². The van der Waals surface area contributed by atoms with E-state index in [-0.39, 0.29) is 12.4 Å². The van der Waals surface area contributed by atoms with Crippen LogP contribution in [0.1, 0.15) is 15.9 Å². The average molecular weight is 200 g/mol. The number of benzene rings is 1. The minimum atomic E-state index is -1.48. The van der Waals surface area contributed by atoms with Gasteiger partial charge in [-0.15, -0.1) is 0 Å². The van der Waals surface area contributed by atoms with Gasteiger partial charge in [0, 0.05) is 12.0 Å². The minimum Gasteiger partial charge on any atom is -0.490 e. The Hall–Kier alpha value is -1.65. The Kier molecular flexibility index (Phi) is 1.87. The number of carbonyl (C=O) groups is 1. The van der Waals surface area contributed by atoms with Crippen molar-refractivity contribution in [1.82, 2.24) is 0 Å². The molecule has 0 radical (unpaired) electrons. The van der Waals surface area contributed by atoms with Gasteiger partial charge in [0.05, 0.1) is 12.2 Å². The molecule has 1 aromatic rings. The molecule has 0 unspecified atom stereocenters. The Morgan fingerprint density at radius 3 is 2.79 bits per heavy atom. The number of hydrogen-bond donors (Lipinski definition) is 1. The zero-order valence-electron chi connectivity index (χ0n) is 7.01. The topological polar surface area (TPSA) is 46.5 Å². The highest BCUT2D eigenvalue weighted by atomic mass is 19.2. The molecule has 0 fully saturated rings. The first-order chi connectivity index (χ1) is 6.61. The molecule has 0 aromatic heterocycles. The monoisotopic (exact) mass is 200 g/mol. The second-order valence-electron chi connectivity index (χ2n) is 2.94. The first-order valence-electron chi connectivity index (χ1n) is 3.98. The summed E-state index contributed by atoms with van der Waals surface area (Å²) in [5, 5.41) is 8.57. The molecule has 0 saturated carbocycles. The van der Waals surface area contributed by atoms with Crippen LogP contribution in [0.4, 0.5) is 8.78 Å². The normalized spacial score (nSPS) is 13.6. The van der Waals surface area contributed by atoms with Crippen LogP contribution in [0.3, 0.4) is 0 Å². The van der Waals surface area contributed by atoms with Crippen molar-refractivity contribution in [2.45, 2.75) is 6.42 Å². The number of fused-ring (bicyclic) bond motifs is 1. The van der Waals surface area contributed by atoms with Gasteiger partial charge in [-0.1, -0.05) is 0 Å². The Morgan fingerprint density at radius 2 is 2.14 bits per heavy atom. The van der Waals surface area contributed by atoms with Gasteiger partial charge in [0.15, 0.2) is 11.6 Å². The van der Waals surface area contributed by atoms with Crippen LogP contribution < -0.4 is 4.74 Å². The van der Waals surface area contributed by atoms with Gasteiger partial charge in [-0.05, 0) is 6.07 Å². The number of halogens is 2. The van der Waals surface area contributed by atoms with Crippen molar-refractivity contribution in [1.29, 1.82) is 0 Å². The molecule has 14 heavy (non-hydrogen) atoms. The van der Waals surface area contributed by atoms with E-state index in [1.165, 1.54) is 0 Å². The summed E-state index contributed by atoms with van der Waals surface area (Å²) in [4.78, 5) is 10.5. The fourth-order valence-corrected chi connectivity index (χ4v) is 1.42. The molecule has 1 aliphatic rings. The van der Waals surface area contributed by atoms with Crippen LogP contribution in [-0.4, -0.2) is 17.7 Å². The summed E-state index contributed by atoms with van der Waals surface area (Å²) >= 11 is 0. The van der Waals surface area contributed by atoms with E-state index in [9.17, 15) is 13.6 Å². The van der Waals surface area contributed by atoms with E-state index in [1.54, 1.807) is 0 Å². The maximum absolute atomic E-state index is 13.2. The third-order valence-electron chi connectivity index (χ3n) is 2.09. The van der Waals surface area contributed by atoms with Crippen molar-refractivity contribution in [3.63, 3.8) is 0 Å². The van der Waals surface area contributed by atoms with E-state index in [2.05, 4.69) is 0 Å². The maximum atomic E-state index is 13.2. The summed E-state index contributed by atoms with van der Waals surface area (Å²) in [6.45, 7) is 0.259. The minimum absolute atomic E-state index is 0.160. The van der Waals surface area contributed by atoms with Gasteiger partial charge >= 0.3 is 5.97 Å². The van der Waals surface area contributed by atoms with Crippen molar-refractivity contribution in [2.24, 2.45) is 0 Å². The molecule has 1 N–H and O–H groups in total. The fourth-order valence-electron chi connectivity index (χ4n) is 1.42. The second-order valence-corrected chi connectivity index (χ2v) is 2.94. The van der Waals surface area contributed by atoms with Crippen LogP contribution in [-0.2, 0) is 6.42 Å². The highest BCUT2D eigenvalue weighted by Gasteiger charge is 2.25. The van der Waals surface area contributed by atoms with Gasteiger partial charge in [0.25, 0.3) is 0 Å². The molecule has 1 aromatic carbocycles. The predicted octanol–water partition coefficient (Wildman–Crippen LogP) is 1.60. The van der Waals surface area contributed by atoms with Crippen molar-refractivity contribution in [3.8, 4) is 5.75 Å². The fraction of sp³-hybridized carbons (Fsp3) is 0.222. The van der Waals surface area contributed by atoms with E-state index in [0.717, 1.165) is 6.07 Å². The van der Waals surface area contributed by atoms with Crippen LogP contribution in [0, 0.1) is 11.6 Å². The maximum Gasteiger partial charge on any atom is 0.338 e. The number of carboxylic acid groups (broad SMARTS) is 1. The smallest absolute Gasteiger partial charge is 0.338 e. The van der Waals surface area contributed by atoms with E-state index in [0.29, 0.717) is 12.0 Å². The molecule has 0 aliphatic carbocycles. The number of hydrogen-bond acceptors (Lipinski definition) is 2. The van der Waals surface area contributed by atoms with E-state index in [1.807, 2.05) is 0 Å². The summed E-state index contributed by atoms with van der Waals surface area (Å²) < 4.78 is 31.1. The lowest BCUT2D eigenvalue weighted by Crippen LogP contribution is -2.04. The van der Waals surface area contributed by atoms with Gasteiger partial charge in [-0.2, -0.15) is 4.39 Å². The third-order valence-corrected chi connectivity index (χ3v) is 2.09. The van der Waals surface area contributed by atoms with Gasteiger partial charge in [-0.3, -0.25) is 0 Å². The summed E-state index contributed by atoms with van der Waals surface area (Å²) in [7, 11) is 0. The van der Waals surface area contributed by atoms with Gasteiger partial charge in [-0.25, -0.2) is 9.18 Å². The Labute approximate surface area is 77.9 Å². The molecule has 0 bridgehead atoms. The molecular formula is C9H6F2O3. The molecule has 2 rings (SSSR count). The first kappa shape index (κ1) is 8.93. The zero-order chi connectivity index (χ0) is 10.3. The molecule has 1 aliphatic heterocycles. The van der Waals surface area contributed by atoms with Crippen LogP contribution in [0.15, 0.2) is 6.07 Å².